The maximum absolute atomic E-state index is 12.4. The van der Waals surface area contributed by atoms with Gasteiger partial charge in [0.05, 0.1) is 21.1 Å². The summed E-state index contributed by atoms with van der Waals surface area (Å²) in [5, 5.41) is 10.6. The lowest BCUT2D eigenvalue weighted by Crippen LogP contribution is -2.27. The van der Waals surface area contributed by atoms with Gasteiger partial charge in [0.25, 0.3) is 16.8 Å². The monoisotopic (exact) mass is 326 g/mol. The summed E-state index contributed by atoms with van der Waals surface area (Å²) in [4.78, 5) is 36.3. The van der Waals surface area contributed by atoms with Crippen molar-refractivity contribution in [2.45, 2.75) is 0 Å². The number of carbonyl (C=O) groups is 2. The normalized spacial score (nSPS) is 16.2. The first-order valence-corrected chi connectivity index (χ1v) is 7.46. The number of imide groups is 1. The van der Waals surface area contributed by atoms with E-state index in [1.807, 2.05) is 0 Å². The summed E-state index contributed by atoms with van der Waals surface area (Å²) in [6.07, 6.45) is 1.38. The average molecular weight is 326 g/mol. The molecule has 0 aromatic heterocycles. The largest absolute Gasteiger partial charge is 0.298 e. The summed E-state index contributed by atoms with van der Waals surface area (Å²) in [7, 11) is 0. The molecule has 1 aliphatic rings. The number of benzene rings is 2. The van der Waals surface area contributed by atoms with Gasteiger partial charge in [-0.15, -0.1) is 0 Å². The van der Waals surface area contributed by atoms with Crippen LogP contribution in [0.3, 0.4) is 0 Å². The SMILES string of the molecule is O=C1S/C(=C\c2ccccc2[N+](=O)[O-])C(=O)N1c1ccccc1. The molecule has 1 fully saturated rings. The van der Waals surface area contributed by atoms with Crippen LogP contribution in [0.4, 0.5) is 16.2 Å². The molecule has 114 valence electrons. The molecule has 0 atom stereocenters. The highest BCUT2D eigenvalue weighted by Crippen LogP contribution is 2.36. The molecule has 3 rings (SSSR count). The number of para-hydroxylation sites is 2. The second-order valence-electron chi connectivity index (χ2n) is 4.67. The minimum Gasteiger partial charge on any atom is -0.268 e. The van der Waals surface area contributed by atoms with Crippen LogP contribution in [0.15, 0.2) is 59.5 Å². The Morgan fingerprint density at radius 1 is 1.00 bits per heavy atom. The van der Waals surface area contributed by atoms with E-state index in [9.17, 15) is 19.7 Å². The predicted octanol–water partition coefficient (Wildman–Crippen LogP) is 3.84. The number of hydrogen-bond acceptors (Lipinski definition) is 5. The van der Waals surface area contributed by atoms with Crippen molar-refractivity contribution >= 4 is 40.4 Å². The Morgan fingerprint density at radius 2 is 1.65 bits per heavy atom. The minimum atomic E-state index is -0.521. The molecular weight excluding hydrogens is 316 g/mol. The Bertz CT molecular complexity index is 833. The zero-order valence-corrected chi connectivity index (χ0v) is 12.5. The quantitative estimate of drug-likeness (QED) is 0.486. The Hall–Kier alpha value is -2.93. The maximum atomic E-state index is 12.4. The van der Waals surface area contributed by atoms with Gasteiger partial charge in [-0.25, -0.2) is 4.90 Å². The van der Waals surface area contributed by atoms with E-state index in [0.717, 1.165) is 16.7 Å². The molecule has 2 amide bonds. The van der Waals surface area contributed by atoms with Crippen LogP contribution in [0.2, 0.25) is 0 Å². The zero-order valence-electron chi connectivity index (χ0n) is 11.7. The fraction of sp³-hybridized carbons (Fsp3) is 0. The standard InChI is InChI=1S/C16H10N2O4S/c19-15-14(10-11-6-4-5-9-13(11)18(21)22)23-16(20)17(15)12-7-2-1-3-8-12/h1-10H/b14-10-. The van der Waals surface area contributed by atoms with Crippen molar-refractivity contribution < 1.29 is 14.5 Å². The van der Waals surface area contributed by atoms with Crippen LogP contribution in [-0.2, 0) is 4.79 Å². The Labute approximate surface area is 135 Å². The van der Waals surface area contributed by atoms with Crippen LogP contribution in [0, 0.1) is 10.1 Å². The first-order valence-electron chi connectivity index (χ1n) is 6.64. The van der Waals surface area contributed by atoms with Gasteiger partial charge in [0.15, 0.2) is 0 Å². The lowest BCUT2D eigenvalue weighted by Gasteiger charge is -2.11. The van der Waals surface area contributed by atoms with E-state index in [-0.39, 0.29) is 16.2 Å². The number of thioether (sulfide) groups is 1. The van der Waals surface area contributed by atoms with E-state index in [2.05, 4.69) is 0 Å². The molecule has 23 heavy (non-hydrogen) atoms. The van der Waals surface area contributed by atoms with Gasteiger partial charge >= 0.3 is 0 Å². The van der Waals surface area contributed by atoms with Crippen LogP contribution in [0.1, 0.15) is 5.56 Å². The molecule has 6 nitrogen and oxygen atoms in total. The highest BCUT2D eigenvalue weighted by atomic mass is 32.2. The molecular formula is C16H10N2O4S. The van der Waals surface area contributed by atoms with Crippen molar-refractivity contribution in [3.8, 4) is 0 Å². The number of nitrogens with zero attached hydrogens (tertiary/aromatic N) is 2. The molecule has 0 unspecified atom stereocenters. The highest BCUT2D eigenvalue weighted by molar-refractivity contribution is 8.19. The third-order valence-corrected chi connectivity index (χ3v) is 4.10. The number of carbonyl (C=O) groups excluding carboxylic acids is 2. The van der Waals surface area contributed by atoms with Gasteiger partial charge in [0.1, 0.15) is 0 Å². The van der Waals surface area contributed by atoms with E-state index in [0.29, 0.717) is 5.69 Å². The second kappa shape index (κ2) is 6.05. The van der Waals surface area contributed by atoms with Gasteiger partial charge in [-0.2, -0.15) is 0 Å². The first-order chi connectivity index (χ1) is 11.1. The summed E-state index contributed by atoms with van der Waals surface area (Å²) in [5.41, 5.74) is 0.649. The number of anilines is 1. The maximum Gasteiger partial charge on any atom is 0.298 e. The lowest BCUT2D eigenvalue weighted by atomic mass is 10.1. The van der Waals surface area contributed by atoms with Crippen LogP contribution in [0.5, 0.6) is 0 Å². The van der Waals surface area contributed by atoms with Crippen LogP contribution in [0.25, 0.3) is 6.08 Å². The summed E-state index contributed by atoms with van der Waals surface area (Å²) < 4.78 is 0. The van der Waals surface area contributed by atoms with Crippen molar-refractivity contribution in [1.29, 1.82) is 0 Å². The van der Waals surface area contributed by atoms with E-state index in [1.165, 1.54) is 18.2 Å². The summed E-state index contributed by atoms with van der Waals surface area (Å²) in [6.45, 7) is 0. The third kappa shape index (κ3) is 2.86. The number of nitro groups is 1. The smallest absolute Gasteiger partial charge is 0.268 e. The van der Waals surface area contributed by atoms with Crippen molar-refractivity contribution in [3.63, 3.8) is 0 Å². The topological polar surface area (TPSA) is 80.5 Å². The second-order valence-corrected chi connectivity index (χ2v) is 5.66. The summed E-state index contributed by atoms with van der Waals surface area (Å²) in [5.74, 6) is -0.482. The van der Waals surface area contributed by atoms with Gasteiger partial charge in [0.2, 0.25) is 0 Å². The van der Waals surface area contributed by atoms with Crippen LogP contribution >= 0.6 is 11.8 Å². The van der Waals surface area contributed by atoms with E-state index in [4.69, 9.17) is 0 Å². The summed E-state index contributed by atoms with van der Waals surface area (Å²) in [6, 6.07) is 14.6. The molecule has 2 aromatic rings. The van der Waals surface area contributed by atoms with Gasteiger partial charge in [0, 0.05) is 6.07 Å². The Kier molecular flexibility index (Phi) is 3.94. The molecule has 1 heterocycles. The molecule has 0 radical (unpaired) electrons. The van der Waals surface area contributed by atoms with Crippen molar-refractivity contribution in [1.82, 2.24) is 0 Å². The first kappa shape index (κ1) is 15.0. The number of rotatable bonds is 3. The zero-order chi connectivity index (χ0) is 16.4. The summed E-state index contributed by atoms with van der Waals surface area (Å²) >= 11 is 0.768. The molecule has 0 bridgehead atoms. The molecule has 7 heteroatoms. The molecule has 1 aliphatic heterocycles. The molecule has 0 spiro atoms. The van der Waals surface area contributed by atoms with Crippen molar-refractivity contribution in [3.05, 3.63) is 75.2 Å². The minimum absolute atomic E-state index is 0.112. The Balaban J connectivity index is 1.99. The molecule has 2 aromatic carbocycles. The highest BCUT2D eigenvalue weighted by Gasteiger charge is 2.36. The number of nitro benzene ring substituents is 1. The van der Waals surface area contributed by atoms with E-state index >= 15 is 0 Å². The number of hydrogen-bond donors (Lipinski definition) is 0. The van der Waals surface area contributed by atoms with Gasteiger partial charge in [-0.05, 0) is 36.0 Å². The lowest BCUT2D eigenvalue weighted by molar-refractivity contribution is -0.385. The fourth-order valence-electron chi connectivity index (χ4n) is 2.18. The van der Waals surface area contributed by atoms with Crippen LogP contribution in [-0.4, -0.2) is 16.1 Å². The molecule has 0 saturated carbocycles. The van der Waals surface area contributed by atoms with Crippen molar-refractivity contribution in [2.24, 2.45) is 0 Å². The predicted molar refractivity (Wildman–Crippen MR) is 88.0 cm³/mol. The van der Waals surface area contributed by atoms with Gasteiger partial charge < -0.3 is 0 Å². The number of amides is 2. The van der Waals surface area contributed by atoms with Gasteiger partial charge in [-0.3, -0.25) is 19.7 Å². The van der Waals surface area contributed by atoms with Crippen molar-refractivity contribution in [2.75, 3.05) is 4.90 Å². The van der Waals surface area contributed by atoms with E-state index in [1.54, 1.807) is 42.5 Å². The molecule has 0 N–H and O–H groups in total. The third-order valence-electron chi connectivity index (χ3n) is 3.23. The van der Waals surface area contributed by atoms with E-state index < -0.39 is 16.1 Å². The van der Waals surface area contributed by atoms with Gasteiger partial charge in [-0.1, -0.05) is 30.3 Å². The Morgan fingerprint density at radius 3 is 2.35 bits per heavy atom. The van der Waals surface area contributed by atoms with Crippen LogP contribution < -0.4 is 4.90 Å². The average Bonchev–Trinajstić information content (AvgIpc) is 2.82. The molecule has 1 saturated heterocycles. The fourth-order valence-corrected chi connectivity index (χ4v) is 3.02. The molecule has 0 aliphatic carbocycles.